The normalized spacial score (nSPS) is 12.8. The molecule has 3 heterocycles. The summed E-state index contributed by atoms with van der Waals surface area (Å²) in [7, 11) is 0. The van der Waals surface area contributed by atoms with Crippen molar-refractivity contribution >= 4 is 17.2 Å². The van der Waals surface area contributed by atoms with Crippen LogP contribution in [0.3, 0.4) is 0 Å². The monoisotopic (exact) mass is 286 g/mol. The number of nitrogens with zero attached hydrogens (tertiary/aromatic N) is 2. The van der Waals surface area contributed by atoms with Gasteiger partial charge in [0.15, 0.2) is 17.3 Å². The number of hydrogen-bond donors (Lipinski definition) is 2. The third-order valence-corrected chi connectivity index (χ3v) is 4.21. The molecule has 3 N–H and O–H groups in total. The third kappa shape index (κ3) is 1.71. The van der Waals surface area contributed by atoms with Gasteiger partial charge in [0.1, 0.15) is 5.69 Å². The number of rotatable bonds is 2. The summed E-state index contributed by atoms with van der Waals surface area (Å²) >= 11 is 1.60. The third-order valence-electron chi connectivity index (χ3n) is 3.07. The maximum atomic E-state index is 5.76. The molecule has 7 heteroatoms. The summed E-state index contributed by atoms with van der Waals surface area (Å²) in [5.41, 5.74) is 7.52. The molecule has 0 unspecified atom stereocenters. The molecule has 0 spiro atoms. The Morgan fingerprint density at radius 1 is 1.05 bits per heavy atom. The lowest BCUT2D eigenvalue weighted by atomic mass is 10.1. The van der Waals surface area contributed by atoms with Crippen molar-refractivity contribution < 1.29 is 9.47 Å². The molecule has 2 aromatic heterocycles. The predicted octanol–water partition coefficient (Wildman–Crippen LogP) is 2.51. The fraction of sp³-hybridized carbons (Fsp3) is 0.0769. The number of thiophene rings is 1. The molecule has 0 bridgehead atoms. The number of benzene rings is 1. The van der Waals surface area contributed by atoms with Crippen LogP contribution in [-0.2, 0) is 0 Å². The number of H-pyrrole nitrogens is 1. The molecule has 1 aliphatic rings. The van der Waals surface area contributed by atoms with Crippen molar-refractivity contribution in [1.82, 2.24) is 15.4 Å². The van der Waals surface area contributed by atoms with Gasteiger partial charge in [-0.15, -0.1) is 16.4 Å². The minimum atomic E-state index is 0.282. The van der Waals surface area contributed by atoms with Crippen LogP contribution in [-0.4, -0.2) is 22.2 Å². The molecule has 1 aromatic carbocycles. The number of nitrogens with two attached hydrogens (primary N) is 1. The van der Waals surface area contributed by atoms with Gasteiger partial charge in [0.2, 0.25) is 6.79 Å². The van der Waals surface area contributed by atoms with Crippen LogP contribution in [0, 0.1) is 0 Å². The van der Waals surface area contributed by atoms with Gasteiger partial charge in [0.25, 0.3) is 0 Å². The van der Waals surface area contributed by atoms with E-state index in [1.54, 1.807) is 11.3 Å². The number of anilines is 1. The zero-order valence-corrected chi connectivity index (χ0v) is 11.1. The highest BCUT2D eigenvalue weighted by Crippen LogP contribution is 2.40. The number of aromatic amines is 1. The van der Waals surface area contributed by atoms with E-state index >= 15 is 0 Å². The smallest absolute Gasteiger partial charge is 0.231 e. The highest BCUT2D eigenvalue weighted by molar-refractivity contribution is 7.18. The molecule has 4 rings (SSSR count). The molecule has 100 valence electrons. The van der Waals surface area contributed by atoms with E-state index in [-0.39, 0.29) is 6.79 Å². The second kappa shape index (κ2) is 4.24. The topological polar surface area (TPSA) is 86.1 Å². The second-order valence-corrected chi connectivity index (χ2v) is 5.37. The number of aromatic nitrogens is 3. The van der Waals surface area contributed by atoms with E-state index < -0.39 is 0 Å². The van der Waals surface area contributed by atoms with E-state index in [0.29, 0.717) is 11.5 Å². The highest BCUT2D eigenvalue weighted by atomic mass is 32.1. The van der Waals surface area contributed by atoms with Crippen LogP contribution >= 0.6 is 11.3 Å². The number of nitrogens with one attached hydrogen (secondary N) is 1. The van der Waals surface area contributed by atoms with Crippen LogP contribution in [0.1, 0.15) is 0 Å². The Kier molecular flexibility index (Phi) is 2.40. The maximum Gasteiger partial charge on any atom is 0.231 e. The zero-order chi connectivity index (χ0) is 13.5. The molecule has 0 aliphatic carbocycles. The van der Waals surface area contributed by atoms with Crippen molar-refractivity contribution in [3.05, 3.63) is 30.3 Å². The first-order valence-electron chi connectivity index (χ1n) is 5.98. The standard InChI is InChI=1S/C13H10N4O2S/c14-13-12(15-17-16-13)11-4-3-10(20-11)7-1-2-8-9(5-7)19-6-18-8/h1-5H,6H2,(H3,14,15,16,17). The average Bonchev–Trinajstić information content (AvgIpc) is 3.17. The Morgan fingerprint density at radius 3 is 2.75 bits per heavy atom. The molecule has 0 saturated heterocycles. The Labute approximate surface area is 118 Å². The first kappa shape index (κ1) is 11.3. The molecule has 0 amide bonds. The van der Waals surface area contributed by atoms with E-state index in [1.165, 1.54) is 0 Å². The highest BCUT2D eigenvalue weighted by Gasteiger charge is 2.16. The molecule has 1 aliphatic heterocycles. The van der Waals surface area contributed by atoms with Gasteiger partial charge in [-0.3, -0.25) is 0 Å². The predicted molar refractivity (Wildman–Crippen MR) is 75.7 cm³/mol. The van der Waals surface area contributed by atoms with Crippen molar-refractivity contribution in [1.29, 1.82) is 0 Å². The van der Waals surface area contributed by atoms with Gasteiger partial charge < -0.3 is 15.2 Å². The van der Waals surface area contributed by atoms with Gasteiger partial charge in [-0.1, -0.05) is 0 Å². The van der Waals surface area contributed by atoms with Gasteiger partial charge >= 0.3 is 0 Å². The molecule has 6 nitrogen and oxygen atoms in total. The summed E-state index contributed by atoms with van der Waals surface area (Å²) in [5, 5.41) is 10.4. The second-order valence-electron chi connectivity index (χ2n) is 4.29. The summed E-state index contributed by atoms with van der Waals surface area (Å²) in [6.07, 6.45) is 0. The largest absolute Gasteiger partial charge is 0.454 e. The SMILES string of the molecule is Nc1n[nH]nc1-c1ccc(-c2ccc3c(c2)OCO3)s1. The van der Waals surface area contributed by atoms with Crippen LogP contribution in [0.15, 0.2) is 30.3 Å². The fourth-order valence-electron chi connectivity index (χ4n) is 2.09. The van der Waals surface area contributed by atoms with Crippen LogP contribution in [0.25, 0.3) is 21.0 Å². The molecular formula is C13H10N4O2S. The Morgan fingerprint density at radius 2 is 1.90 bits per heavy atom. The van der Waals surface area contributed by atoms with Crippen LogP contribution in [0.4, 0.5) is 5.82 Å². The van der Waals surface area contributed by atoms with Gasteiger partial charge in [-0.05, 0) is 35.9 Å². The van der Waals surface area contributed by atoms with Crippen molar-refractivity contribution in [2.45, 2.75) is 0 Å². The zero-order valence-electron chi connectivity index (χ0n) is 10.3. The number of hydrogen-bond acceptors (Lipinski definition) is 6. The minimum Gasteiger partial charge on any atom is -0.454 e. The Balaban J connectivity index is 1.73. The van der Waals surface area contributed by atoms with Crippen molar-refractivity contribution in [2.24, 2.45) is 0 Å². The van der Waals surface area contributed by atoms with Gasteiger partial charge in [-0.25, -0.2) is 0 Å². The van der Waals surface area contributed by atoms with E-state index in [0.717, 1.165) is 26.8 Å². The summed E-state index contributed by atoms with van der Waals surface area (Å²) in [4.78, 5) is 2.09. The number of ether oxygens (including phenoxy) is 2. The first-order valence-corrected chi connectivity index (χ1v) is 6.79. The van der Waals surface area contributed by atoms with Gasteiger partial charge in [0.05, 0.1) is 4.88 Å². The molecule has 0 atom stereocenters. The lowest BCUT2D eigenvalue weighted by molar-refractivity contribution is 0.174. The number of fused-ring (bicyclic) bond motifs is 1. The van der Waals surface area contributed by atoms with Crippen LogP contribution in [0.5, 0.6) is 11.5 Å². The lowest BCUT2D eigenvalue weighted by Gasteiger charge is -1.99. The Bertz CT molecular complexity index is 780. The van der Waals surface area contributed by atoms with E-state index in [1.807, 2.05) is 30.3 Å². The average molecular weight is 286 g/mol. The molecule has 20 heavy (non-hydrogen) atoms. The Hall–Kier alpha value is -2.54. The van der Waals surface area contributed by atoms with Crippen LogP contribution in [0.2, 0.25) is 0 Å². The molecule has 0 radical (unpaired) electrons. The summed E-state index contributed by atoms with van der Waals surface area (Å²) in [6, 6.07) is 9.92. The molecular weight excluding hydrogens is 276 g/mol. The summed E-state index contributed by atoms with van der Waals surface area (Å²) in [5.74, 6) is 1.97. The van der Waals surface area contributed by atoms with E-state index in [2.05, 4.69) is 15.4 Å². The van der Waals surface area contributed by atoms with Crippen molar-refractivity contribution in [3.8, 4) is 32.5 Å². The maximum absolute atomic E-state index is 5.76. The van der Waals surface area contributed by atoms with Gasteiger partial charge in [-0.2, -0.15) is 10.3 Å². The molecule has 0 fully saturated rings. The van der Waals surface area contributed by atoms with Gasteiger partial charge in [0, 0.05) is 4.88 Å². The fourth-order valence-corrected chi connectivity index (χ4v) is 3.09. The minimum absolute atomic E-state index is 0.282. The van der Waals surface area contributed by atoms with E-state index in [4.69, 9.17) is 15.2 Å². The molecule has 0 saturated carbocycles. The number of nitrogen functional groups attached to an aromatic ring is 1. The van der Waals surface area contributed by atoms with Crippen molar-refractivity contribution in [3.63, 3.8) is 0 Å². The summed E-state index contributed by atoms with van der Waals surface area (Å²) < 4.78 is 10.7. The summed E-state index contributed by atoms with van der Waals surface area (Å²) in [6.45, 7) is 0.282. The quantitative estimate of drug-likeness (QED) is 0.756. The van der Waals surface area contributed by atoms with E-state index in [9.17, 15) is 0 Å². The molecule has 3 aromatic rings. The van der Waals surface area contributed by atoms with Crippen LogP contribution < -0.4 is 15.2 Å². The lowest BCUT2D eigenvalue weighted by Crippen LogP contribution is -1.92. The first-order chi connectivity index (χ1) is 9.81. The van der Waals surface area contributed by atoms with Crippen molar-refractivity contribution in [2.75, 3.05) is 12.5 Å².